The lowest BCUT2D eigenvalue weighted by Crippen LogP contribution is -2.58. The summed E-state index contributed by atoms with van der Waals surface area (Å²) in [6, 6.07) is 15.7. The zero-order valence-corrected chi connectivity index (χ0v) is 27.1. The molecule has 0 saturated carbocycles. The van der Waals surface area contributed by atoms with Crippen LogP contribution in [0.1, 0.15) is 36.0 Å². The summed E-state index contributed by atoms with van der Waals surface area (Å²) in [5.41, 5.74) is 7.04. The maximum absolute atomic E-state index is 15.4. The van der Waals surface area contributed by atoms with Crippen LogP contribution < -0.4 is 21.1 Å². The van der Waals surface area contributed by atoms with Gasteiger partial charge in [-0.15, -0.1) is 0 Å². The van der Waals surface area contributed by atoms with Gasteiger partial charge >= 0.3 is 0 Å². The van der Waals surface area contributed by atoms with Crippen LogP contribution in [0.25, 0.3) is 0 Å². The van der Waals surface area contributed by atoms with Crippen LogP contribution in [-0.2, 0) is 21.2 Å². The van der Waals surface area contributed by atoms with Gasteiger partial charge in [-0.3, -0.25) is 4.79 Å². The van der Waals surface area contributed by atoms with E-state index in [0.29, 0.717) is 30.5 Å². The van der Waals surface area contributed by atoms with Crippen molar-refractivity contribution in [1.82, 2.24) is 9.62 Å². The third kappa shape index (κ3) is 7.70. The zero-order valence-electron chi connectivity index (χ0n) is 26.3. The number of halogens is 4. The molecule has 4 unspecified atom stereocenters. The quantitative estimate of drug-likeness (QED) is 0.184. The molecule has 1 aliphatic rings. The maximum atomic E-state index is 15.4. The Morgan fingerprint density at radius 1 is 0.938 bits per heavy atom. The Labute approximate surface area is 277 Å². The van der Waals surface area contributed by atoms with E-state index in [0.717, 1.165) is 24.3 Å². The fourth-order valence-corrected chi connectivity index (χ4v) is 8.01. The molecule has 1 fully saturated rings. The summed E-state index contributed by atoms with van der Waals surface area (Å²) in [4.78, 5) is 13.7. The molecule has 1 saturated heterocycles. The molecular formula is C35H36F4N4O4S. The van der Waals surface area contributed by atoms with Gasteiger partial charge in [0.05, 0.1) is 18.0 Å². The van der Waals surface area contributed by atoms with Crippen LogP contribution in [0.4, 0.5) is 23.2 Å². The minimum Gasteiger partial charge on any atom is -0.497 e. The van der Waals surface area contributed by atoms with Gasteiger partial charge in [-0.05, 0) is 91.6 Å². The number of hydrogen-bond acceptors (Lipinski definition) is 6. The lowest BCUT2D eigenvalue weighted by atomic mass is 9.84. The van der Waals surface area contributed by atoms with E-state index in [1.807, 2.05) is 0 Å². The van der Waals surface area contributed by atoms with Crippen molar-refractivity contribution in [2.75, 3.05) is 25.5 Å². The van der Waals surface area contributed by atoms with Crippen LogP contribution in [0.15, 0.2) is 89.8 Å². The fraction of sp³-hybridized carbons (Fsp3) is 0.286. The van der Waals surface area contributed by atoms with E-state index in [1.54, 1.807) is 19.1 Å². The molecule has 0 spiro atoms. The normalized spacial score (nSPS) is 18.2. The molecule has 0 aromatic heterocycles. The SMILES string of the molecule is COc1ccc(S(=O)(=O)N2C(C)CNCC2CCc2c(F)cccc2NC(=O)C(N)C(c2ccc(F)cc2)c2cc(F)cc(F)c2)cc1. The molecular weight excluding hydrogens is 648 g/mol. The average Bonchev–Trinajstić information content (AvgIpc) is 3.05. The number of nitrogens with two attached hydrogens (primary N) is 1. The first-order valence-electron chi connectivity index (χ1n) is 15.3. The molecule has 5 rings (SSSR count). The summed E-state index contributed by atoms with van der Waals surface area (Å²) in [6.45, 7) is 2.54. The highest BCUT2D eigenvalue weighted by Gasteiger charge is 2.38. The second-order valence-electron chi connectivity index (χ2n) is 11.7. The van der Waals surface area contributed by atoms with E-state index < -0.39 is 63.2 Å². The first-order valence-corrected chi connectivity index (χ1v) is 16.8. The molecule has 13 heteroatoms. The van der Waals surface area contributed by atoms with E-state index in [4.69, 9.17) is 10.5 Å². The molecule has 8 nitrogen and oxygen atoms in total. The molecule has 0 radical (unpaired) electrons. The lowest BCUT2D eigenvalue weighted by molar-refractivity contribution is -0.117. The number of amides is 1. The highest BCUT2D eigenvalue weighted by Crippen LogP contribution is 2.32. The van der Waals surface area contributed by atoms with Gasteiger partial charge in [0.25, 0.3) is 0 Å². The Bertz CT molecular complexity index is 1840. The molecule has 48 heavy (non-hydrogen) atoms. The van der Waals surface area contributed by atoms with Gasteiger partial charge in [-0.25, -0.2) is 26.0 Å². The molecule has 4 N–H and O–H groups in total. The minimum atomic E-state index is -3.93. The number of methoxy groups -OCH3 is 1. The number of hydrogen-bond donors (Lipinski definition) is 3. The Morgan fingerprint density at radius 3 is 2.25 bits per heavy atom. The topological polar surface area (TPSA) is 114 Å². The van der Waals surface area contributed by atoms with E-state index >= 15 is 4.39 Å². The molecule has 254 valence electrons. The molecule has 0 aliphatic carbocycles. The molecule has 0 bridgehead atoms. The number of carbonyl (C=O) groups is 1. The van der Waals surface area contributed by atoms with Gasteiger partial charge in [0.15, 0.2) is 0 Å². The molecule has 4 aromatic rings. The van der Waals surface area contributed by atoms with Gasteiger partial charge in [-0.1, -0.05) is 18.2 Å². The van der Waals surface area contributed by atoms with Crippen molar-refractivity contribution in [1.29, 1.82) is 0 Å². The third-order valence-corrected chi connectivity index (χ3v) is 10.6. The number of nitrogens with zero attached hydrogens (tertiary/aromatic N) is 1. The summed E-state index contributed by atoms with van der Waals surface area (Å²) >= 11 is 0. The van der Waals surface area contributed by atoms with E-state index in [-0.39, 0.29) is 34.6 Å². The second kappa shape index (κ2) is 14.9. The summed E-state index contributed by atoms with van der Waals surface area (Å²) in [7, 11) is -2.44. The number of nitrogens with one attached hydrogen (secondary N) is 2. The Morgan fingerprint density at radius 2 is 1.60 bits per heavy atom. The van der Waals surface area contributed by atoms with Gasteiger partial charge < -0.3 is 21.1 Å². The van der Waals surface area contributed by atoms with Gasteiger partial charge in [0.2, 0.25) is 15.9 Å². The smallest absolute Gasteiger partial charge is 0.243 e. The zero-order chi connectivity index (χ0) is 34.6. The lowest BCUT2D eigenvalue weighted by Gasteiger charge is -2.40. The standard InChI is InChI=1S/C35H36F4N4O4S/c1-21-19-41-20-27(43(21)48(45,46)29-13-11-28(47-2)12-14-29)10-15-30-31(39)4-3-5-32(30)42-35(44)34(40)33(22-6-8-24(36)9-7-22)23-16-25(37)18-26(38)17-23/h3-9,11-14,16-18,21,27,33-34,41H,10,15,19-20,40H2,1-2H3,(H,42,44). The van der Waals surface area contributed by atoms with Gasteiger partial charge in [0.1, 0.15) is 29.0 Å². The Hall–Kier alpha value is -4.30. The van der Waals surface area contributed by atoms with Crippen LogP contribution in [0.2, 0.25) is 0 Å². The number of benzene rings is 4. The van der Waals surface area contributed by atoms with Gasteiger partial charge in [0, 0.05) is 48.4 Å². The molecule has 4 aromatic carbocycles. The number of carbonyl (C=O) groups excluding carboxylic acids is 1. The maximum Gasteiger partial charge on any atom is 0.243 e. The summed E-state index contributed by atoms with van der Waals surface area (Å²) in [5, 5.41) is 5.90. The first-order chi connectivity index (χ1) is 22.9. The highest BCUT2D eigenvalue weighted by atomic mass is 32.2. The Kier molecular flexibility index (Phi) is 10.8. The third-order valence-electron chi connectivity index (χ3n) is 8.49. The van der Waals surface area contributed by atoms with Crippen LogP contribution >= 0.6 is 0 Å². The predicted molar refractivity (Wildman–Crippen MR) is 174 cm³/mol. The van der Waals surface area contributed by atoms with Crippen molar-refractivity contribution in [3.8, 4) is 5.75 Å². The number of anilines is 1. The number of ether oxygens (including phenoxy) is 1. The van der Waals surface area contributed by atoms with Gasteiger partial charge in [-0.2, -0.15) is 4.31 Å². The highest BCUT2D eigenvalue weighted by molar-refractivity contribution is 7.89. The van der Waals surface area contributed by atoms with Crippen LogP contribution in [0.5, 0.6) is 5.75 Å². The van der Waals surface area contributed by atoms with Crippen LogP contribution in [0.3, 0.4) is 0 Å². The number of piperazine rings is 1. The molecule has 1 amide bonds. The van der Waals surface area contributed by atoms with E-state index in [2.05, 4.69) is 10.6 Å². The predicted octanol–water partition coefficient (Wildman–Crippen LogP) is 5.33. The van der Waals surface area contributed by atoms with E-state index in [1.165, 1.54) is 53.9 Å². The summed E-state index contributed by atoms with van der Waals surface area (Å²) in [5.74, 6) is -4.29. The minimum absolute atomic E-state index is 0.0540. The van der Waals surface area contributed by atoms with Crippen molar-refractivity contribution in [3.63, 3.8) is 0 Å². The van der Waals surface area contributed by atoms with Crippen molar-refractivity contribution in [3.05, 3.63) is 125 Å². The van der Waals surface area contributed by atoms with Crippen LogP contribution in [0, 0.1) is 23.3 Å². The second-order valence-corrected chi connectivity index (χ2v) is 13.6. The molecule has 4 atom stereocenters. The largest absolute Gasteiger partial charge is 0.497 e. The average molecular weight is 685 g/mol. The first kappa shape index (κ1) is 35.0. The molecule has 1 aliphatic heterocycles. The number of sulfonamides is 1. The summed E-state index contributed by atoms with van der Waals surface area (Å²) in [6.07, 6.45) is 0.269. The number of rotatable bonds is 11. The summed E-state index contributed by atoms with van der Waals surface area (Å²) < 4.78 is 91.7. The van der Waals surface area contributed by atoms with Crippen molar-refractivity contribution in [2.45, 2.75) is 48.7 Å². The van der Waals surface area contributed by atoms with Crippen molar-refractivity contribution >= 4 is 21.6 Å². The molecule has 1 heterocycles. The van der Waals surface area contributed by atoms with Crippen molar-refractivity contribution < 1.29 is 35.5 Å². The van der Waals surface area contributed by atoms with Crippen molar-refractivity contribution in [2.24, 2.45) is 5.73 Å². The van der Waals surface area contributed by atoms with E-state index in [9.17, 15) is 26.4 Å². The monoisotopic (exact) mass is 684 g/mol. The fourth-order valence-electron chi connectivity index (χ4n) is 6.17. The Balaban J connectivity index is 1.39. The van der Waals surface area contributed by atoms with Crippen LogP contribution in [-0.4, -0.2) is 57.0 Å².